The molecular formula is C19H21F2N4O5P. The highest BCUT2D eigenvalue weighted by Gasteiger charge is 2.31. The lowest BCUT2D eigenvalue weighted by Gasteiger charge is -2.22. The number of alkyl halides is 2. The summed E-state index contributed by atoms with van der Waals surface area (Å²) in [7, 11) is 0.898. The van der Waals surface area contributed by atoms with Crippen molar-refractivity contribution in [3.05, 3.63) is 34.9 Å². The van der Waals surface area contributed by atoms with E-state index in [2.05, 4.69) is 4.98 Å². The summed E-state index contributed by atoms with van der Waals surface area (Å²) in [5, 5.41) is 16.6. The van der Waals surface area contributed by atoms with Crippen LogP contribution in [0.3, 0.4) is 0 Å². The van der Waals surface area contributed by atoms with Crippen LogP contribution in [0.1, 0.15) is 23.6 Å². The van der Waals surface area contributed by atoms with Crippen LogP contribution in [-0.4, -0.2) is 41.5 Å². The molecule has 0 amide bonds. The van der Waals surface area contributed by atoms with E-state index >= 15 is 0 Å². The molecular weight excluding hydrogens is 433 g/mol. The SMILES string of the molecule is CCOCCOc1ccc2c(c1)Oc1nc(N)c(C#N)c(N)c1C2.O=C(O)C(F)(F)P. The summed E-state index contributed by atoms with van der Waals surface area (Å²) in [4.78, 5) is 13.4. The number of anilines is 2. The molecule has 2 heterocycles. The van der Waals surface area contributed by atoms with Crippen molar-refractivity contribution < 1.29 is 32.9 Å². The van der Waals surface area contributed by atoms with Crippen LogP contribution in [0.4, 0.5) is 20.3 Å². The van der Waals surface area contributed by atoms with Gasteiger partial charge < -0.3 is 30.8 Å². The van der Waals surface area contributed by atoms with Crippen molar-refractivity contribution in [3.8, 4) is 23.4 Å². The number of nitrogens with two attached hydrogens (primary N) is 2. The van der Waals surface area contributed by atoms with Gasteiger partial charge >= 0.3 is 11.6 Å². The van der Waals surface area contributed by atoms with Crippen molar-refractivity contribution in [1.29, 1.82) is 5.26 Å². The third kappa shape index (κ3) is 6.13. The van der Waals surface area contributed by atoms with E-state index in [0.29, 0.717) is 54.9 Å². The Balaban J connectivity index is 0.000000423. The van der Waals surface area contributed by atoms with E-state index < -0.39 is 11.6 Å². The molecule has 0 saturated heterocycles. The highest BCUT2D eigenvalue weighted by Crippen LogP contribution is 2.41. The molecule has 0 bridgehead atoms. The normalized spacial score (nSPS) is 11.7. The fraction of sp³-hybridized carbons (Fsp3) is 0.316. The number of aromatic nitrogens is 1. The third-order valence-electron chi connectivity index (χ3n) is 4.04. The van der Waals surface area contributed by atoms with Crippen LogP contribution in [0, 0.1) is 11.3 Å². The Bertz CT molecular complexity index is 1010. The molecule has 1 aromatic carbocycles. The Hall–Kier alpha value is -3.22. The summed E-state index contributed by atoms with van der Waals surface area (Å²) in [5.74, 6) is -0.388. The number of aliphatic carboxylic acids is 1. The first-order chi connectivity index (χ1) is 14.6. The molecule has 1 aromatic heterocycles. The highest BCUT2D eigenvalue weighted by atomic mass is 31.0. The van der Waals surface area contributed by atoms with Crippen molar-refractivity contribution in [3.63, 3.8) is 0 Å². The summed E-state index contributed by atoms with van der Waals surface area (Å²) >= 11 is 0. The fourth-order valence-electron chi connectivity index (χ4n) is 2.53. The molecule has 5 N–H and O–H groups in total. The molecule has 12 heteroatoms. The van der Waals surface area contributed by atoms with Crippen molar-refractivity contribution in [1.82, 2.24) is 4.98 Å². The second-order valence-electron chi connectivity index (χ2n) is 6.20. The Kier molecular flexibility index (Phi) is 7.91. The number of carboxylic acid groups (broad SMARTS) is 1. The Morgan fingerprint density at radius 2 is 2.10 bits per heavy atom. The van der Waals surface area contributed by atoms with Gasteiger partial charge in [-0.1, -0.05) is 6.07 Å². The summed E-state index contributed by atoms with van der Waals surface area (Å²) in [6, 6.07) is 7.56. The van der Waals surface area contributed by atoms with Gasteiger partial charge in [0, 0.05) is 24.7 Å². The lowest BCUT2D eigenvalue weighted by atomic mass is 9.99. The minimum atomic E-state index is -3.67. The van der Waals surface area contributed by atoms with Gasteiger partial charge in [0.05, 0.1) is 12.3 Å². The smallest absolute Gasteiger partial charge is 0.378 e. The second-order valence-corrected chi connectivity index (χ2v) is 6.93. The summed E-state index contributed by atoms with van der Waals surface area (Å²) < 4.78 is 39.1. The number of carbonyl (C=O) groups is 1. The van der Waals surface area contributed by atoms with Gasteiger partial charge in [0.15, 0.2) is 0 Å². The van der Waals surface area contributed by atoms with Crippen LogP contribution in [0.2, 0.25) is 0 Å². The topological polar surface area (TPSA) is 154 Å². The Morgan fingerprint density at radius 3 is 2.68 bits per heavy atom. The van der Waals surface area contributed by atoms with Crippen LogP contribution in [-0.2, 0) is 16.0 Å². The maximum Gasteiger partial charge on any atom is 0.378 e. The average molecular weight is 454 g/mol. The van der Waals surface area contributed by atoms with E-state index in [0.717, 1.165) is 14.8 Å². The standard InChI is InChI=1S/C17H18N4O3.C2H3F2O2P/c1-2-22-5-6-23-11-4-3-10-7-12-15(19)13(9-18)16(20)21-17(12)24-14(10)8-11;3-2(4,7)1(5)6/h3-4,8H,2,5-7H2,1H3,(H4,19,20,21);7H2,(H,5,6). The van der Waals surface area contributed by atoms with Gasteiger partial charge in [-0.2, -0.15) is 19.0 Å². The molecule has 0 radical (unpaired) electrons. The Morgan fingerprint density at radius 1 is 1.42 bits per heavy atom. The third-order valence-corrected chi connectivity index (χ3v) is 4.29. The molecule has 1 aliphatic heterocycles. The maximum absolute atomic E-state index is 11.2. The summed E-state index contributed by atoms with van der Waals surface area (Å²) in [6.45, 7) is 3.59. The zero-order valence-corrected chi connectivity index (χ0v) is 17.7. The van der Waals surface area contributed by atoms with E-state index in [1.165, 1.54) is 0 Å². The summed E-state index contributed by atoms with van der Waals surface area (Å²) in [6.07, 6.45) is 0.525. The van der Waals surface area contributed by atoms with Gasteiger partial charge in [0.1, 0.15) is 35.6 Å². The number of benzene rings is 1. The van der Waals surface area contributed by atoms with Gasteiger partial charge in [-0.25, -0.2) is 4.79 Å². The minimum absolute atomic E-state index is 0.0707. The monoisotopic (exact) mass is 454 g/mol. The van der Waals surface area contributed by atoms with Crippen LogP contribution >= 0.6 is 9.24 Å². The molecule has 0 spiro atoms. The van der Waals surface area contributed by atoms with E-state index in [-0.39, 0.29) is 11.4 Å². The van der Waals surface area contributed by atoms with Crippen LogP contribution in [0.25, 0.3) is 0 Å². The Labute approximate surface area is 179 Å². The molecule has 1 unspecified atom stereocenters. The second kappa shape index (κ2) is 10.2. The summed E-state index contributed by atoms with van der Waals surface area (Å²) in [5.41, 5.74) is 10.3. The number of pyridine rings is 1. The van der Waals surface area contributed by atoms with Crippen LogP contribution < -0.4 is 20.9 Å². The van der Waals surface area contributed by atoms with Gasteiger partial charge in [-0.05, 0) is 27.8 Å². The first-order valence-corrected chi connectivity index (χ1v) is 9.55. The van der Waals surface area contributed by atoms with Gasteiger partial charge in [0.25, 0.3) is 0 Å². The first kappa shape index (κ1) is 24.1. The van der Waals surface area contributed by atoms with Gasteiger partial charge in [-0.15, -0.1) is 0 Å². The van der Waals surface area contributed by atoms with Gasteiger partial charge in [-0.3, -0.25) is 0 Å². The molecule has 9 nitrogen and oxygen atoms in total. The number of rotatable bonds is 6. The predicted octanol–water partition coefficient (Wildman–Crippen LogP) is 2.77. The van der Waals surface area contributed by atoms with Crippen molar-refractivity contribution in [2.24, 2.45) is 0 Å². The van der Waals surface area contributed by atoms with E-state index in [9.17, 15) is 13.6 Å². The molecule has 2 aromatic rings. The molecule has 166 valence electrons. The molecule has 0 aliphatic carbocycles. The van der Waals surface area contributed by atoms with E-state index in [1.807, 2.05) is 25.1 Å². The number of hydrogen-bond donors (Lipinski definition) is 3. The maximum atomic E-state index is 11.2. The largest absolute Gasteiger partial charge is 0.491 e. The molecule has 3 rings (SSSR count). The number of nitriles is 1. The van der Waals surface area contributed by atoms with Gasteiger partial charge in [0.2, 0.25) is 5.88 Å². The number of hydrogen-bond acceptors (Lipinski definition) is 8. The highest BCUT2D eigenvalue weighted by molar-refractivity contribution is 7.20. The number of nitrogens with zero attached hydrogens (tertiary/aromatic N) is 2. The quantitative estimate of drug-likeness (QED) is 0.377. The number of fused-ring (bicyclic) bond motifs is 2. The number of halogens is 2. The van der Waals surface area contributed by atoms with E-state index in [4.69, 9.17) is 36.0 Å². The molecule has 0 saturated carbocycles. The zero-order chi connectivity index (χ0) is 23.2. The molecule has 0 fully saturated rings. The van der Waals surface area contributed by atoms with E-state index in [1.54, 1.807) is 6.07 Å². The van der Waals surface area contributed by atoms with Crippen LogP contribution in [0.5, 0.6) is 17.4 Å². The fourth-order valence-corrected chi connectivity index (χ4v) is 2.53. The minimum Gasteiger partial charge on any atom is -0.491 e. The van der Waals surface area contributed by atoms with Crippen LogP contribution in [0.15, 0.2) is 18.2 Å². The average Bonchev–Trinajstić information content (AvgIpc) is 2.70. The van der Waals surface area contributed by atoms with Crippen molar-refractivity contribution >= 4 is 26.7 Å². The molecule has 1 atom stereocenters. The number of ether oxygens (including phenoxy) is 3. The lowest BCUT2D eigenvalue weighted by molar-refractivity contribution is -0.153. The first-order valence-electron chi connectivity index (χ1n) is 8.97. The van der Waals surface area contributed by atoms with Crippen molar-refractivity contribution in [2.75, 3.05) is 31.3 Å². The molecule has 1 aliphatic rings. The predicted molar refractivity (Wildman–Crippen MR) is 111 cm³/mol. The zero-order valence-electron chi connectivity index (χ0n) is 16.5. The van der Waals surface area contributed by atoms with Crippen molar-refractivity contribution in [2.45, 2.75) is 19.0 Å². The molecule has 31 heavy (non-hydrogen) atoms. The number of carboxylic acids is 1. The lowest BCUT2D eigenvalue weighted by Crippen LogP contribution is -2.18. The number of nitrogen functional groups attached to an aromatic ring is 2.